The number of aliphatic hydroxyl groups excluding tert-OH is 1. The molecule has 11 nitrogen and oxygen atoms in total. The molecule has 2 aliphatic carbocycles. The average Bonchev–Trinajstić information content (AvgIpc) is 2.87. The van der Waals surface area contributed by atoms with Gasteiger partial charge >= 0.3 is 0 Å². The molecule has 1 aliphatic heterocycles. The fourth-order valence-corrected chi connectivity index (χ4v) is 5.84. The number of aromatic hydroxyl groups is 2. The smallest absolute Gasteiger partial charge is 0.202 e. The zero-order chi connectivity index (χ0) is 29.3. The van der Waals surface area contributed by atoms with Crippen molar-refractivity contribution in [1.82, 2.24) is 0 Å². The predicted molar refractivity (Wildman–Crippen MR) is 147 cm³/mol. The first-order valence-electron chi connectivity index (χ1n) is 13.2. The normalized spacial score (nSPS) is 28.8. The summed E-state index contributed by atoms with van der Waals surface area (Å²) >= 11 is 0. The molecule has 5 rings (SSSR count). The van der Waals surface area contributed by atoms with Crippen molar-refractivity contribution in [2.75, 3.05) is 0 Å². The quantitative estimate of drug-likeness (QED) is 0.274. The van der Waals surface area contributed by atoms with Gasteiger partial charge in [-0.15, -0.1) is 12.4 Å². The maximum absolute atomic E-state index is 13.9. The van der Waals surface area contributed by atoms with E-state index in [1.165, 1.54) is 13.0 Å². The van der Waals surface area contributed by atoms with Crippen LogP contribution in [-0.4, -0.2) is 74.0 Å². The van der Waals surface area contributed by atoms with Crippen LogP contribution in [0.4, 0.5) is 0 Å². The number of hydrogen-bond acceptors (Lipinski definition) is 11. The Balaban J connectivity index is 0.00000387. The van der Waals surface area contributed by atoms with E-state index in [-0.39, 0.29) is 59.4 Å². The second-order valence-corrected chi connectivity index (χ2v) is 11.1. The number of phenolic OH excluding ortho intramolecular Hbond substituents is 2. The molecule has 0 spiro atoms. The molecule has 6 N–H and O–H groups in total. The molecule has 4 unspecified atom stereocenters. The van der Waals surface area contributed by atoms with Crippen LogP contribution in [0.2, 0.25) is 0 Å². The van der Waals surface area contributed by atoms with Gasteiger partial charge < -0.3 is 40.4 Å². The van der Waals surface area contributed by atoms with E-state index < -0.39 is 82.6 Å². The third kappa shape index (κ3) is 5.00. The highest BCUT2D eigenvalue weighted by atomic mass is 35.5. The minimum atomic E-state index is -2.00. The maximum atomic E-state index is 13.9. The number of benzene rings is 2. The molecule has 1 saturated heterocycles. The van der Waals surface area contributed by atoms with E-state index in [0.717, 1.165) is 0 Å². The summed E-state index contributed by atoms with van der Waals surface area (Å²) in [4.78, 5) is 40.0. The van der Waals surface area contributed by atoms with Crippen molar-refractivity contribution in [1.29, 1.82) is 0 Å². The summed E-state index contributed by atoms with van der Waals surface area (Å²) in [5.41, 5.74) is 3.02. The van der Waals surface area contributed by atoms with Crippen LogP contribution in [0.5, 0.6) is 17.2 Å². The number of phenols is 2. The number of ketones is 3. The van der Waals surface area contributed by atoms with Gasteiger partial charge in [0.1, 0.15) is 22.8 Å². The number of aliphatic hydroxyl groups is 2. The summed E-state index contributed by atoms with van der Waals surface area (Å²) < 4.78 is 17.6. The van der Waals surface area contributed by atoms with Gasteiger partial charge in [0.05, 0.1) is 41.1 Å². The van der Waals surface area contributed by atoms with Crippen LogP contribution in [0, 0.1) is 0 Å². The molecule has 2 aromatic carbocycles. The lowest BCUT2D eigenvalue weighted by atomic mass is 9.72. The van der Waals surface area contributed by atoms with E-state index in [4.69, 9.17) is 19.9 Å². The molecule has 0 aromatic heterocycles. The second-order valence-electron chi connectivity index (χ2n) is 11.1. The number of hydrogen-bond donors (Lipinski definition) is 5. The summed E-state index contributed by atoms with van der Waals surface area (Å²) in [6.45, 7) is 6.32. The first-order chi connectivity index (χ1) is 18.7. The molecule has 0 saturated carbocycles. The van der Waals surface area contributed by atoms with Crippen LogP contribution in [-0.2, 0) is 20.7 Å². The van der Waals surface area contributed by atoms with Crippen molar-refractivity contribution in [3.63, 3.8) is 0 Å². The molecule has 12 heteroatoms. The molecule has 0 radical (unpaired) electrons. The standard InChI is InChI=1S/C29H33NO10.ClH/c1-11(2)38-17-7-5-6-14-20(17)27(35)23-22(25(14)33)26(34)15-9-29(37,13(4)31)10-18(21(15)28(23)36)40-19-8-16(30)24(32)12(3)39-19;/h5-7,11-12,16,18-19,24,32,34,36-37H,8-10,30H2,1-4H3;1H/t12?,16?,18-,19?,24?,29-;/m0./s1. The van der Waals surface area contributed by atoms with E-state index in [1.807, 2.05) is 0 Å². The van der Waals surface area contributed by atoms with Crippen molar-refractivity contribution in [3.8, 4) is 17.2 Å². The predicted octanol–water partition coefficient (Wildman–Crippen LogP) is 2.23. The number of fused-ring (bicyclic) bond motifs is 3. The summed E-state index contributed by atoms with van der Waals surface area (Å²) in [5, 5.41) is 44.4. The first kappa shape index (κ1) is 30.9. The number of nitrogens with two attached hydrogens (primary N) is 1. The second kappa shape index (κ2) is 11.0. The number of Topliss-reactive ketones (excluding diaryl/α,β-unsaturated/α-hetero) is 1. The highest BCUT2D eigenvalue weighted by Crippen LogP contribution is 2.52. The van der Waals surface area contributed by atoms with E-state index in [9.17, 15) is 34.8 Å². The average molecular weight is 592 g/mol. The first-order valence-corrected chi connectivity index (χ1v) is 13.2. The number of rotatable bonds is 5. The molecule has 1 fully saturated rings. The van der Waals surface area contributed by atoms with Crippen molar-refractivity contribution in [3.05, 3.63) is 51.6 Å². The van der Waals surface area contributed by atoms with E-state index in [0.29, 0.717) is 0 Å². The maximum Gasteiger partial charge on any atom is 0.202 e. The molecule has 41 heavy (non-hydrogen) atoms. The van der Waals surface area contributed by atoms with Crippen molar-refractivity contribution < 1.29 is 49.0 Å². The van der Waals surface area contributed by atoms with Crippen LogP contribution in [0.25, 0.3) is 0 Å². The molecule has 0 bridgehead atoms. The summed E-state index contributed by atoms with van der Waals surface area (Å²) in [7, 11) is 0. The van der Waals surface area contributed by atoms with Crippen LogP contribution in [0.1, 0.15) is 89.6 Å². The summed E-state index contributed by atoms with van der Waals surface area (Å²) in [6, 6.07) is 3.83. The lowest BCUT2D eigenvalue weighted by Gasteiger charge is -2.42. The number of ether oxygens (including phenoxy) is 3. The van der Waals surface area contributed by atoms with Crippen LogP contribution < -0.4 is 10.5 Å². The lowest BCUT2D eigenvalue weighted by molar-refractivity contribution is -0.247. The van der Waals surface area contributed by atoms with E-state index in [1.54, 1.807) is 32.9 Å². The molecule has 2 aromatic rings. The van der Waals surface area contributed by atoms with Gasteiger partial charge in [0.15, 0.2) is 17.9 Å². The minimum absolute atomic E-state index is 0. The minimum Gasteiger partial charge on any atom is -0.507 e. The largest absolute Gasteiger partial charge is 0.507 e. The molecular weight excluding hydrogens is 558 g/mol. The van der Waals surface area contributed by atoms with Gasteiger partial charge in [0, 0.05) is 42.0 Å². The van der Waals surface area contributed by atoms with Gasteiger partial charge in [0.2, 0.25) is 5.78 Å². The zero-order valence-corrected chi connectivity index (χ0v) is 23.9. The highest BCUT2D eigenvalue weighted by molar-refractivity contribution is 6.31. The van der Waals surface area contributed by atoms with Gasteiger partial charge in [-0.05, 0) is 33.8 Å². The van der Waals surface area contributed by atoms with Gasteiger partial charge in [0.25, 0.3) is 0 Å². The van der Waals surface area contributed by atoms with Crippen molar-refractivity contribution in [2.24, 2.45) is 5.73 Å². The third-order valence-electron chi connectivity index (χ3n) is 7.94. The van der Waals surface area contributed by atoms with E-state index in [2.05, 4.69) is 0 Å². The fraction of sp³-hybridized carbons (Fsp3) is 0.483. The molecule has 0 amide bonds. The SMILES string of the molecule is CC(=O)[C@]1(O)Cc2c(O)c3c(c(O)c2[C@@H](OC2CC(N)C(O)C(C)O2)C1)C(=O)c1c(OC(C)C)cccc1C3=O.Cl. The topological polar surface area (TPSA) is 186 Å². The molecule has 1 heterocycles. The Bertz CT molecular complexity index is 1410. The summed E-state index contributed by atoms with van der Waals surface area (Å²) in [6.07, 6.45) is -4.86. The number of halogens is 1. The monoisotopic (exact) mass is 591 g/mol. The molecular formula is C29H34ClNO10. The fourth-order valence-electron chi connectivity index (χ4n) is 5.84. The van der Waals surface area contributed by atoms with Gasteiger partial charge in [-0.2, -0.15) is 0 Å². The van der Waals surface area contributed by atoms with Gasteiger partial charge in [-0.1, -0.05) is 12.1 Å². The number of carbonyl (C=O) groups excluding carboxylic acids is 3. The van der Waals surface area contributed by atoms with Crippen LogP contribution >= 0.6 is 12.4 Å². The summed E-state index contributed by atoms with van der Waals surface area (Å²) in [5.74, 6) is -3.13. The van der Waals surface area contributed by atoms with Crippen LogP contribution in [0.3, 0.4) is 0 Å². The molecule has 6 atom stereocenters. The van der Waals surface area contributed by atoms with E-state index >= 15 is 0 Å². The Labute approximate surface area is 242 Å². The lowest BCUT2D eigenvalue weighted by Crippen LogP contribution is -2.52. The Morgan fingerprint density at radius 1 is 1.12 bits per heavy atom. The Morgan fingerprint density at radius 2 is 1.78 bits per heavy atom. The molecule has 3 aliphatic rings. The van der Waals surface area contributed by atoms with Crippen molar-refractivity contribution >= 4 is 29.8 Å². The van der Waals surface area contributed by atoms with Crippen LogP contribution in [0.15, 0.2) is 18.2 Å². The Hall–Kier alpha value is -3.06. The van der Waals surface area contributed by atoms with Gasteiger partial charge in [-0.25, -0.2) is 0 Å². The third-order valence-corrected chi connectivity index (χ3v) is 7.94. The number of carbonyl (C=O) groups is 3. The van der Waals surface area contributed by atoms with Crippen molar-refractivity contribution in [2.45, 2.75) is 89.3 Å². The highest BCUT2D eigenvalue weighted by Gasteiger charge is 2.49. The van der Waals surface area contributed by atoms with Gasteiger partial charge in [-0.3, -0.25) is 14.4 Å². The zero-order valence-electron chi connectivity index (χ0n) is 23.0. The molecule has 222 valence electrons. The Morgan fingerprint density at radius 3 is 2.39 bits per heavy atom. The Kier molecular flexibility index (Phi) is 8.27.